The Morgan fingerprint density at radius 1 is 1.27 bits per heavy atom. The number of hydrogen-bond acceptors (Lipinski definition) is 5. The molecule has 1 aromatic carbocycles. The van der Waals surface area contributed by atoms with E-state index in [9.17, 15) is 9.18 Å². The molecule has 0 atom stereocenters. The van der Waals surface area contributed by atoms with Crippen LogP contribution >= 0.6 is 12.2 Å². The lowest BCUT2D eigenvalue weighted by atomic mass is 10.1. The maximum atomic E-state index is 14.3. The van der Waals surface area contributed by atoms with Crippen molar-refractivity contribution in [3.05, 3.63) is 40.7 Å². The Kier molecular flexibility index (Phi) is 4.62. The summed E-state index contributed by atoms with van der Waals surface area (Å²) in [5, 5.41) is 4.42. The second kappa shape index (κ2) is 6.92. The number of ketones is 1. The third-order valence-electron chi connectivity index (χ3n) is 5.10. The zero-order valence-electron chi connectivity index (χ0n) is 14.8. The Morgan fingerprint density at radius 2 is 2.00 bits per heavy atom. The first-order chi connectivity index (χ1) is 12.5. The minimum absolute atomic E-state index is 0.123. The molecule has 0 amide bonds. The minimum atomic E-state index is -0.337. The summed E-state index contributed by atoms with van der Waals surface area (Å²) in [6.45, 7) is 5.19. The van der Waals surface area contributed by atoms with Crippen LogP contribution in [0.1, 0.15) is 36.2 Å². The van der Waals surface area contributed by atoms with Crippen molar-refractivity contribution in [3.8, 4) is 0 Å². The van der Waals surface area contributed by atoms with Gasteiger partial charge in [-0.15, -0.1) is 0 Å². The van der Waals surface area contributed by atoms with Gasteiger partial charge in [-0.1, -0.05) is 0 Å². The highest BCUT2D eigenvalue weighted by Gasteiger charge is 2.26. The molecule has 2 heterocycles. The van der Waals surface area contributed by atoms with Gasteiger partial charge in [0, 0.05) is 37.8 Å². The highest BCUT2D eigenvalue weighted by molar-refractivity contribution is 7.71. The van der Waals surface area contributed by atoms with E-state index in [0.717, 1.165) is 31.0 Å². The largest absolute Gasteiger partial charge is 0.367 e. The number of carbonyl (C=O) groups is 1. The maximum absolute atomic E-state index is 14.3. The number of halogens is 1. The summed E-state index contributed by atoms with van der Waals surface area (Å²) in [5.41, 5.74) is 0.967. The lowest BCUT2D eigenvalue weighted by molar-refractivity contribution is 0.101. The van der Waals surface area contributed by atoms with E-state index in [1.165, 1.54) is 25.8 Å². The Morgan fingerprint density at radius 3 is 2.62 bits per heavy atom. The Hall–Kier alpha value is -2.06. The van der Waals surface area contributed by atoms with Crippen molar-refractivity contribution in [2.75, 3.05) is 31.1 Å². The molecule has 1 aliphatic carbocycles. The van der Waals surface area contributed by atoms with E-state index in [2.05, 4.69) is 14.6 Å². The molecule has 6 nitrogen and oxygen atoms in total. The molecule has 1 saturated carbocycles. The predicted octanol–water partition coefficient (Wildman–Crippen LogP) is 2.87. The molecule has 2 fully saturated rings. The van der Waals surface area contributed by atoms with Crippen LogP contribution in [-0.2, 0) is 6.67 Å². The zero-order valence-corrected chi connectivity index (χ0v) is 15.6. The molecule has 2 aromatic rings. The molecule has 8 heteroatoms. The van der Waals surface area contributed by atoms with Crippen LogP contribution in [0.2, 0.25) is 0 Å². The molecule has 1 aliphatic heterocycles. The third kappa shape index (κ3) is 3.43. The number of Topliss-reactive ketones (excluding diaryl/α,β-unsaturated/α-hetero) is 1. The third-order valence-corrected chi connectivity index (χ3v) is 5.52. The molecule has 26 heavy (non-hydrogen) atoms. The highest BCUT2D eigenvalue weighted by atomic mass is 32.1. The number of anilines is 1. The van der Waals surface area contributed by atoms with Gasteiger partial charge < -0.3 is 9.47 Å². The number of aromatic nitrogens is 3. The number of rotatable bonds is 5. The van der Waals surface area contributed by atoms with E-state index in [1.807, 2.05) is 15.9 Å². The van der Waals surface area contributed by atoms with Gasteiger partial charge in [-0.05, 0) is 50.2 Å². The molecule has 0 radical (unpaired) electrons. The van der Waals surface area contributed by atoms with E-state index in [1.54, 1.807) is 12.1 Å². The maximum Gasteiger partial charge on any atom is 0.199 e. The lowest BCUT2D eigenvalue weighted by Gasteiger charge is -2.36. The first kappa shape index (κ1) is 17.4. The fraction of sp³-hybridized carbons (Fsp3) is 0.500. The topological polar surface area (TPSA) is 46.3 Å². The number of hydrogen-bond donors (Lipinski definition) is 0. The number of piperazine rings is 1. The van der Waals surface area contributed by atoms with E-state index in [0.29, 0.717) is 24.0 Å². The number of benzene rings is 1. The fourth-order valence-corrected chi connectivity index (χ4v) is 3.65. The van der Waals surface area contributed by atoms with Gasteiger partial charge in [-0.3, -0.25) is 9.69 Å². The predicted molar refractivity (Wildman–Crippen MR) is 99.5 cm³/mol. The quantitative estimate of drug-likeness (QED) is 0.594. The van der Waals surface area contributed by atoms with Crippen LogP contribution in [0.25, 0.3) is 0 Å². The molecule has 4 rings (SSSR count). The summed E-state index contributed by atoms with van der Waals surface area (Å²) in [7, 11) is 0. The molecule has 1 aromatic heterocycles. The molecule has 2 aliphatic rings. The van der Waals surface area contributed by atoms with Crippen molar-refractivity contribution in [2.45, 2.75) is 32.5 Å². The molecule has 138 valence electrons. The Labute approximate surface area is 156 Å². The van der Waals surface area contributed by atoms with Crippen molar-refractivity contribution in [1.29, 1.82) is 0 Å². The van der Waals surface area contributed by atoms with Gasteiger partial charge in [-0.25, -0.2) is 9.07 Å². The van der Waals surface area contributed by atoms with Crippen LogP contribution in [0.5, 0.6) is 0 Å². The van der Waals surface area contributed by atoms with Crippen LogP contribution in [0, 0.1) is 10.6 Å². The molecule has 0 N–H and O–H groups in total. The van der Waals surface area contributed by atoms with Crippen LogP contribution in [0.3, 0.4) is 0 Å². The standard InChI is InChI=1S/C18H22FN5OS/c1-13(25)14-2-5-17(16(19)10-14)22-8-6-21(7-9-22)12-24-18(26)23(11-20-24)15-3-4-15/h2,5,10-11,15H,3-4,6-9,12H2,1H3. The van der Waals surface area contributed by atoms with Crippen molar-refractivity contribution in [2.24, 2.45) is 0 Å². The van der Waals surface area contributed by atoms with Crippen molar-refractivity contribution in [3.63, 3.8) is 0 Å². The molecule has 0 spiro atoms. The van der Waals surface area contributed by atoms with Crippen LogP contribution in [0.15, 0.2) is 24.5 Å². The van der Waals surface area contributed by atoms with Gasteiger partial charge in [0.25, 0.3) is 0 Å². The Balaban J connectivity index is 1.38. The monoisotopic (exact) mass is 375 g/mol. The van der Waals surface area contributed by atoms with Gasteiger partial charge in [0.2, 0.25) is 0 Å². The zero-order chi connectivity index (χ0) is 18.3. The molecule has 0 unspecified atom stereocenters. The van der Waals surface area contributed by atoms with Crippen LogP contribution in [-0.4, -0.2) is 51.2 Å². The van der Waals surface area contributed by atoms with Crippen molar-refractivity contribution < 1.29 is 9.18 Å². The summed E-state index contributed by atoms with van der Waals surface area (Å²) >= 11 is 5.51. The Bertz CT molecular complexity index is 880. The second-order valence-electron chi connectivity index (χ2n) is 7.02. The van der Waals surface area contributed by atoms with E-state index in [-0.39, 0.29) is 11.6 Å². The normalized spacial score (nSPS) is 18.3. The molecular weight excluding hydrogens is 353 g/mol. The first-order valence-electron chi connectivity index (χ1n) is 8.94. The van der Waals surface area contributed by atoms with Crippen LogP contribution in [0.4, 0.5) is 10.1 Å². The summed E-state index contributed by atoms with van der Waals surface area (Å²) in [4.78, 5) is 15.7. The summed E-state index contributed by atoms with van der Waals surface area (Å²) in [6.07, 6.45) is 4.21. The number of carbonyl (C=O) groups excluding carboxylic acids is 1. The first-order valence-corrected chi connectivity index (χ1v) is 9.35. The smallest absolute Gasteiger partial charge is 0.199 e. The molecule has 0 bridgehead atoms. The van der Waals surface area contributed by atoms with Crippen molar-refractivity contribution in [1.82, 2.24) is 19.2 Å². The molecular formula is C18H22FN5OS. The lowest BCUT2D eigenvalue weighted by Crippen LogP contribution is -2.47. The average Bonchev–Trinajstić information content (AvgIpc) is 3.41. The summed E-state index contributed by atoms with van der Waals surface area (Å²) < 4.78 is 19.1. The van der Waals surface area contributed by atoms with Gasteiger partial charge in [0.15, 0.2) is 10.6 Å². The van der Waals surface area contributed by atoms with Crippen LogP contribution < -0.4 is 4.90 Å². The SMILES string of the molecule is CC(=O)c1ccc(N2CCN(Cn3ncn(C4CC4)c3=S)CC2)c(F)c1. The van der Waals surface area contributed by atoms with E-state index in [4.69, 9.17) is 12.2 Å². The fourth-order valence-electron chi connectivity index (χ4n) is 3.35. The minimum Gasteiger partial charge on any atom is -0.367 e. The van der Waals surface area contributed by atoms with Gasteiger partial charge in [-0.2, -0.15) is 5.10 Å². The molecule has 1 saturated heterocycles. The van der Waals surface area contributed by atoms with Gasteiger partial charge in [0.05, 0.1) is 12.4 Å². The van der Waals surface area contributed by atoms with Gasteiger partial charge in [0.1, 0.15) is 12.1 Å². The number of nitrogens with zero attached hydrogens (tertiary/aromatic N) is 5. The second-order valence-corrected chi connectivity index (χ2v) is 7.39. The summed E-state index contributed by atoms with van der Waals surface area (Å²) in [5.74, 6) is -0.459. The van der Waals surface area contributed by atoms with E-state index >= 15 is 0 Å². The van der Waals surface area contributed by atoms with Gasteiger partial charge >= 0.3 is 0 Å². The van der Waals surface area contributed by atoms with E-state index < -0.39 is 0 Å². The summed E-state index contributed by atoms with van der Waals surface area (Å²) in [6, 6.07) is 5.26. The highest BCUT2D eigenvalue weighted by Crippen LogP contribution is 2.34. The van der Waals surface area contributed by atoms with Crippen molar-refractivity contribution >= 4 is 23.7 Å². The average molecular weight is 375 g/mol.